The molecule has 7 heteroatoms. The zero-order chi connectivity index (χ0) is 17.1. The lowest BCUT2D eigenvalue weighted by Crippen LogP contribution is -2.40. The Labute approximate surface area is 135 Å². The van der Waals surface area contributed by atoms with Crippen LogP contribution in [0.3, 0.4) is 0 Å². The third-order valence-electron chi connectivity index (χ3n) is 2.90. The van der Waals surface area contributed by atoms with Crippen molar-refractivity contribution in [2.75, 3.05) is 6.61 Å². The average molecular weight is 322 g/mol. The van der Waals surface area contributed by atoms with Crippen molar-refractivity contribution in [1.29, 1.82) is 0 Å². The quantitative estimate of drug-likeness (QED) is 0.555. The van der Waals surface area contributed by atoms with E-state index in [0.29, 0.717) is 0 Å². The van der Waals surface area contributed by atoms with E-state index in [4.69, 9.17) is 15.2 Å². The lowest BCUT2D eigenvalue weighted by atomic mass is 10.2. The molecular formula is C16H22N2O5. The molecule has 1 aromatic carbocycles. The summed E-state index contributed by atoms with van der Waals surface area (Å²) in [6.07, 6.45) is 0.392. The number of hydrogen-bond donors (Lipinski definition) is 2. The van der Waals surface area contributed by atoms with Gasteiger partial charge in [0.2, 0.25) is 5.91 Å². The fourth-order valence-electron chi connectivity index (χ4n) is 1.63. The van der Waals surface area contributed by atoms with Gasteiger partial charge in [-0.2, -0.15) is 0 Å². The van der Waals surface area contributed by atoms with Crippen LogP contribution in [0.2, 0.25) is 0 Å². The number of carbonyl (C=O) groups is 3. The third kappa shape index (κ3) is 7.96. The van der Waals surface area contributed by atoms with E-state index in [1.807, 2.05) is 30.4 Å². The maximum atomic E-state index is 11.6. The summed E-state index contributed by atoms with van der Waals surface area (Å²) in [6.45, 7) is 2.27. The second-order valence-electron chi connectivity index (χ2n) is 4.94. The normalized spacial score (nSPS) is 11.4. The van der Waals surface area contributed by atoms with Crippen LogP contribution in [0.25, 0.3) is 0 Å². The number of benzene rings is 1. The molecule has 7 nitrogen and oxygen atoms in total. The number of rotatable bonds is 8. The van der Waals surface area contributed by atoms with Crippen LogP contribution in [0.4, 0.5) is 4.79 Å². The van der Waals surface area contributed by atoms with Crippen molar-refractivity contribution in [2.45, 2.75) is 38.8 Å². The molecule has 0 aliphatic carbocycles. The van der Waals surface area contributed by atoms with Crippen LogP contribution in [-0.2, 0) is 25.7 Å². The predicted molar refractivity (Wildman–Crippen MR) is 83.2 cm³/mol. The Hall–Kier alpha value is -2.41. The zero-order valence-electron chi connectivity index (χ0n) is 13.1. The molecule has 0 saturated carbocycles. The van der Waals surface area contributed by atoms with E-state index in [9.17, 15) is 14.4 Å². The summed E-state index contributed by atoms with van der Waals surface area (Å²) in [6, 6.07) is 7.94. The molecule has 0 aliphatic heterocycles. The van der Waals surface area contributed by atoms with Crippen molar-refractivity contribution in [1.82, 2.24) is 5.32 Å². The van der Waals surface area contributed by atoms with Gasteiger partial charge in [0.05, 0.1) is 13.0 Å². The minimum Gasteiger partial charge on any atom is -0.465 e. The number of unbranched alkanes of at least 4 members (excludes halogenated alkanes) is 1. The van der Waals surface area contributed by atoms with E-state index in [-0.39, 0.29) is 19.6 Å². The number of carbonyl (C=O) groups excluding carboxylic acids is 3. The third-order valence-corrected chi connectivity index (χ3v) is 2.90. The summed E-state index contributed by atoms with van der Waals surface area (Å²) >= 11 is 0. The van der Waals surface area contributed by atoms with Crippen molar-refractivity contribution in [3.05, 3.63) is 35.9 Å². The molecule has 0 aromatic heterocycles. The van der Waals surface area contributed by atoms with Crippen LogP contribution in [0.1, 0.15) is 31.7 Å². The molecule has 0 saturated heterocycles. The molecule has 0 bridgehead atoms. The second kappa shape index (κ2) is 10.3. The molecule has 3 N–H and O–H groups in total. The lowest BCUT2D eigenvalue weighted by Gasteiger charge is -2.11. The first-order valence-electron chi connectivity index (χ1n) is 7.45. The number of hydrogen-bond acceptors (Lipinski definition) is 6. The molecule has 1 aromatic rings. The van der Waals surface area contributed by atoms with Crippen LogP contribution in [-0.4, -0.2) is 30.6 Å². The molecule has 0 spiro atoms. The van der Waals surface area contributed by atoms with Crippen molar-refractivity contribution in [3.63, 3.8) is 0 Å². The molecule has 126 valence electrons. The van der Waals surface area contributed by atoms with Crippen molar-refractivity contribution in [3.8, 4) is 0 Å². The van der Waals surface area contributed by atoms with Crippen LogP contribution in [0.15, 0.2) is 30.3 Å². The van der Waals surface area contributed by atoms with Gasteiger partial charge in [0.25, 0.3) is 0 Å². The number of imide groups is 1. The smallest absolute Gasteiger partial charge is 0.414 e. The van der Waals surface area contributed by atoms with Crippen molar-refractivity contribution in [2.24, 2.45) is 5.73 Å². The van der Waals surface area contributed by atoms with E-state index in [1.165, 1.54) is 0 Å². The van der Waals surface area contributed by atoms with Crippen molar-refractivity contribution < 1.29 is 23.9 Å². The highest BCUT2D eigenvalue weighted by Gasteiger charge is 2.20. The van der Waals surface area contributed by atoms with E-state index in [1.54, 1.807) is 12.1 Å². The standard InChI is InChI=1S/C16H22N2O5/c1-2-3-9-22-15(20)13(17)10-14(19)18-16(21)23-11-12-7-5-4-6-8-12/h4-8,13H,2-3,9-11,17H2,1H3,(H,18,19,21)/t13-/m0/s1. The number of esters is 1. The van der Waals surface area contributed by atoms with E-state index in [0.717, 1.165) is 18.4 Å². The van der Waals surface area contributed by atoms with Gasteiger partial charge in [-0.3, -0.25) is 14.9 Å². The molecule has 0 aliphatic rings. The lowest BCUT2D eigenvalue weighted by molar-refractivity contribution is -0.146. The topological polar surface area (TPSA) is 108 Å². The van der Waals surface area contributed by atoms with Gasteiger partial charge in [-0.15, -0.1) is 0 Å². The van der Waals surface area contributed by atoms with E-state index < -0.39 is 24.0 Å². The second-order valence-corrected chi connectivity index (χ2v) is 4.94. The Balaban J connectivity index is 2.26. The number of nitrogens with one attached hydrogen (secondary N) is 1. The van der Waals surface area contributed by atoms with Gasteiger partial charge >= 0.3 is 12.1 Å². The van der Waals surface area contributed by atoms with E-state index in [2.05, 4.69) is 0 Å². The van der Waals surface area contributed by atoms with Gasteiger partial charge < -0.3 is 15.2 Å². The highest BCUT2D eigenvalue weighted by molar-refractivity contribution is 5.94. The monoisotopic (exact) mass is 322 g/mol. The minimum atomic E-state index is -1.10. The zero-order valence-corrected chi connectivity index (χ0v) is 13.1. The van der Waals surface area contributed by atoms with Gasteiger partial charge in [-0.05, 0) is 12.0 Å². The minimum absolute atomic E-state index is 0.0467. The predicted octanol–water partition coefficient (Wildman–Crippen LogP) is 1.50. The molecule has 1 rings (SSSR count). The molecule has 2 amide bonds. The van der Waals surface area contributed by atoms with Crippen molar-refractivity contribution >= 4 is 18.0 Å². The SMILES string of the molecule is CCCCOC(=O)[C@@H](N)CC(=O)NC(=O)OCc1ccccc1. The van der Waals surface area contributed by atoms with Crippen LogP contribution >= 0.6 is 0 Å². The summed E-state index contributed by atoms with van der Waals surface area (Å²) in [5, 5.41) is 2.02. The Morgan fingerprint density at radius 2 is 1.87 bits per heavy atom. The number of alkyl carbamates (subject to hydrolysis) is 1. The fraction of sp³-hybridized carbons (Fsp3) is 0.438. The maximum Gasteiger partial charge on any atom is 0.414 e. The highest BCUT2D eigenvalue weighted by Crippen LogP contribution is 2.01. The largest absolute Gasteiger partial charge is 0.465 e. The molecule has 0 radical (unpaired) electrons. The Bertz CT molecular complexity index is 518. The van der Waals surface area contributed by atoms with Crippen LogP contribution in [0, 0.1) is 0 Å². The van der Waals surface area contributed by atoms with Gasteiger partial charge in [0, 0.05) is 0 Å². The maximum absolute atomic E-state index is 11.6. The number of nitrogens with two attached hydrogens (primary N) is 1. The Morgan fingerprint density at radius 1 is 1.17 bits per heavy atom. The summed E-state index contributed by atoms with van der Waals surface area (Å²) in [5.74, 6) is -1.35. The molecule has 1 atom stereocenters. The summed E-state index contributed by atoms with van der Waals surface area (Å²) in [4.78, 5) is 34.6. The number of amides is 2. The molecule has 23 heavy (non-hydrogen) atoms. The van der Waals surface area contributed by atoms with E-state index >= 15 is 0 Å². The Kier molecular flexibility index (Phi) is 8.38. The first kappa shape index (κ1) is 18.6. The van der Waals surface area contributed by atoms with Gasteiger partial charge in [-0.25, -0.2) is 4.79 Å². The average Bonchev–Trinajstić information content (AvgIpc) is 2.53. The van der Waals surface area contributed by atoms with Crippen LogP contribution < -0.4 is 11.1 Å². The molecule has 0 heterocycles. The summed E-state index contributed by atoms with van der Waals surface area (Å²) in [5.41, 5.74) is 6.35. The van der Waals surface area contributed by atoms with Crippen LogP contribution in [0.5, 0.6) is 0 Å². The van der Waals surface area contributed by atoms with Gasteiger partial charge in [-0.1, -0.05) is 43.7 Å². The molecule has 0 unspecified atom stereocenters. The van der Waals surface area contributed by atoms with Gasteiger partial charge in [0.15, 0.2) is 0 Å². The first-order valence-corrected chi connectivity index (χ1v) is 7.45. The summed E-state index contributed by atoms with van der Waals surface area (Å²) in [7, 11) is 0. The molecular weight excluding hydrogens is 300 g/mol. The molecule has 0 fully saturated rings. The highest BCUT2D eigenvalue weighted by atomic mass is 16.5. The van der Waals surface area contributed by atoms with Gasteiger partial charge in [0.1, 0.15) is 12.6 Å². The summed E-state index contributed by atoms with van der Waals surface area (Å²) < 4.78 is 9.79. The fourth-order valence-corrected chi connectivity index (χ4v) is 1.63. The first-order chi connectivity index (χ1) is 11.0. The number of ether oxygens (including phenoxy) is 2. The Morgan fingerprint density at radius 3 is 2.52 bits per heavy atom.